The Morgan fingerprint density at radius 2 is 1.92 bits per heavy atom. The lowest BCUT2D eigenvalue weighted by Crippen LogP contribution is -2.53. The number of likely N-dealkylation sites (tertiary alicyclic amines) is 1. The number of aliphatic imine (C=N–C) groups is 1. The maximum atomic E-state index is 4.91. The second-order valence-electron chi connectivity index (χ2n) is 7.29. The molecule has 3 heterocycles. The van der Waals surface area contributed by atoms with E-state index < -0.39 is 0 Å². The molecule has 0 aliphatic carbocycles. The lowest BCUT2D eigenvalue weighted by Gasteiger charge is -2.36. The maximum Gasteiger partial charge on any atom is 0.193 e. The van der Waals surface area contributed by atoms with Gasteiger partial charge in [0, 0.05) is 58.9 Å². The smallest absolute Gasteiger partial charge is 0.193 e. The largest absolute Gasteiger partial charge is 0.364 e. The van der Waals surface area contributed by atoms with E-state index in [2.05, 4.69) is 37.1 Å². The fourth-order valence-corrected chi connectivity index (χ4v) is 3.73. The summed E-state index contributed by atoms with van der Waals surface area (Å²) >= 11 is 0. The average molecular weight is 476 g/mol. The van der Waals surface area contributed by atoms with Crippen molar-refractivity contribution >= 4 is 29.9 Å². The van der Waals surface area contributed by atoms with Crippen molar-refractivity contribution in [2.24, 2.45) is 10.9 Å². The van der Waals surface area contributed by atoms with Crippen molar-refractivity contribution in [1.29, 1.82) is 0 Å². The predicted octanol–water partition coefficient (Wildman–Crippen LogP) is 1.72. The molecule has 2 fully saturated rings. The lowest BCUT2D eigenvalue weighted by atomic mass is 10.1. The average Bonchev–Trinajstić information content (AvgIpc) is 3.31. The van der Waals surface area contributed by atoms with Gasteiger partial charge in [0.1, 0.15) is 6.26 Å². The molecule has 8 heteroatoms. The van der Waals surface area contributed by atoms with E-state index in [0.717, 1.165) is 50.9 Å². The van der Waals surface area contributed by atoms with Crippen LogP contribution in [-0.4, -0.2) is 85.2 Å². The molecule has 2 saturated heterocycles. The summed E-state index contributed by atoms with van der Waals surface area (Å²) in [5.74, 6) is 1.68. The van der Waals surface area contributed by atoms with Crippen LogP contribution in [0.4, 0.5) is 0 Å². The molecule has 0 bridgehead atoms. The Hall–Kier alpha value is -0.870. The summed E-state index contributed by atoms with van der Waals surface area (Å²) in [6.45, 7) is 12.0. The Bertz CT molecular complexity index is 524. The van der Waals surface area contributed by atoms with Gasteiger partial charge in [-0.05, 0) is 31.8 Å². The van der Waals surface area contributed by atoms with E-state index in [-0.39, 0.29) is 24.0 Å². The molecule has 2 aliphatic rings. The minimum Gasteiger partial charge on any atom is -0.364 e. The number of guanidine groups is 1. The van der Waals surface area contributed by atoms with Crippen LogP contribution >= 0.6 is 24.0 Å². The number of nitrogens with one attached hydrogen (secondary N) is 1. The van der Waals surface area contributed by atoms with Gasteiger partial charge in [0.2, 0.25) is 0 Å². The Kier molecular flexibility index (Phi) is 9.13. The molecule has 1 atom stereocenters. The third kappa shape index (κ3) is 6.38. The van der Waals surface area contributed by atoms with Crippen LogP contribution in [0.5, 0.6) is 0 Å². The first kappa shape index (κ1) is 21.4. The van der Waals surface area contributed by atoms with Crippen LogP contribution in [0.1, 0.15) is 25.5 Å². The van der Waals surface area contributed by atoms with Gasteiger partial charge in [-0.25, -0.2) is 0 Å². The SMILES string of the molecule is CN=C(NCC(C)CN1CCCC1)N1CCN(Cc2ccon2)CC1.I. The molecule has 1 N–H and O–H groups in total. The van der Waals surface area contributed by atoms with E-state index in [1.54, 1.807) is 6.26 Å². The van der Waals surface area contributed by atoms with Crippen molar-refractivity contribution in [3.8, 4) is 0 Å². The van der Waals surface area contributed by atoms with Gasteiger partial charge in [-0.3, -0.25) is 9.89 Å². The van der Waals surface area contributed by atoms with E-state index in [1.807, 2.05) is 13.1 Å². The van der Waals surface area contributed by atoms with Gasteiger partial charge < -0.3 is 19.6 Å². The van der Waals surface area contributed by atoms with Crippen LogP contribution in [0.3, 0.4) is 0 Å². The van der Waals surface area contributed by atoms with Gasteiger partial charge >= 0.3 is 0 Å². The van der Waals surface area contributed by atoms with E-state index >= 15 is 0 Å². The van der Waals surface area contributed by atoms with Crippen LogP contribution in [0.15, 0.2) is 21.8 Å². The number of hydrogen-bond donors (Lipinski definition) is 1. The summed E-state index contributed by atoms with van der Waals surface area (Å²) in [5, 5.41) is 7.58. The summed E-state index contributed by atoms with van der Waals surface area (Å²) in [6, 6.07) is 1.94. The molecular formula is C18H33IN6O. The molecule has 0 radical (unpaired) electrons. The molecule has 26 heavy (non-hydrogen) atoms. The highest BCUT2D eigenvalue weighted by Crippen LogP contribution is 2.10. The molecule has 1 aromatic heterocycles. The zero-order valence-electron chi connectivity index (χ0n) is 16.1. The molecule has 148 valence electrons. The highest BCUT2D eigenvalue weighted by molar-refractivity contribution is 14.0. The van der Waals surface area contributed by atoms with Crippen LogP contribution < -0.4 is 5.32 Å². The molecule has 0 saturated carbocycles. The Morgan fingerprint density at radius 1 is 1.19 bits per heavy atom. The van der Waals surface area contributed by atoms with Gasteiger partial charge in [0.25, 0.3) is 0 Å². The van der Waals surface area contributed by atoms with Crippen molar-refractivity contribution in [1.82, 2.24) is 25.2 Å². The second-order valence-corrected chi connectivity index (χ2v) is 7.29. The molecule has 3 rings (SSSR count). The van der Waals surface area contributed by atoms with E-state index in [1.165, 1.54) is 32.5 Å². The molecule has 7 nitrogen and oxygen atoms in total. The van der Waals surface area contributed by atoms with E-state index in [4.69, 9.17) is 4.52 Å². The number of nitrogens with zero attached hydrogens (tertiary/aromatic N) is 5. The third-order valence-corrected chi connectivity index (χ3v) is 5.14. The minimum absolute atomic E-state index is 0. The quantitative estimate of drug-likeness (QED) is 0.384. The number of halogens is 1. The fourth-order valence-electron chi connectivity index (χ4n) is 3.73. The number of rotatable bonds is 6. The molecule has 0 spiro atoms. The molecule has 0 aromatic carbocycles. The summed E-state index contributed by atoms with van der Waals surface area (Å²) in [6.07, 6.45) is 4.36. The van der Waals surface area contributed by atoms with Gasteiger partial charge in [-0.15, -0.1) is 24.0 Å². The van der Waals surface area contributed by atoms with E-state index in [0.29, 0.717) is 5.92 Å². The molecule has 1 aromatic rings. The number of hydrogen-bond acceptors (Lipinski definition) is 5. The van der Waals surface area contributed by atoms with Crippen LogP contribution in [0.25, 0.3) is 0 Å². The van der Waals surface area contributed by atoms with Crippen molar-refractivity contribution in [2.75, 3.05) is 59.4 Å². The second kappa shape index (κ2) is 11.1. The number of piperazine rings is 1. The van der Waals surface area contributed by atoms with Crippen LogP contribution in [0, 0.1) is 5.92 Å². The normalized spacial score (nSPS) is 20.8. The zero-order valence-corrected chi connectivity index (χ0v) is 18.4. The first-order chi connectivity index (χ1) is 12.2. The first-order valence-electron chi connectivity index (χ1n) is 9.54. The summed E-state index contributed by atoms with van der Waals surface area (Å²) in [4.78, 5) is 11.8. The monoisotopic (exact) mass is 476 g/mol. The first-order valence-corrected chi connectivity index (χ1v) is 9.54. The van der Waals surface area contributed by atoms with Crippen molar-refractivity contribution in [2.45, 2.75) is 26.3 Å². The summed E-state index contributed by atoms with van der Waals surface area (Å²) < 4.78 is 4.91. The maximum absolute atomic E-state index is 4.91. The van der Waals surface area contributed by atoms with Crippen LogP contribution in [-0.2, 0) is 6.54 Å². The van der Waals surface area contributed by atoms with Crippen molar-refractivity contribution in [3.05, 3.63) is 18.0 Å². The lowest BCUT2D eigenvalue weighted by molar-refractivity contribution is 0.168. The fraction of sp³-hybridized carbons (Fsp3) is 0.778. The summed E-state index contributed by atoms with van der Waals surface area (Å²) in [7, 11) is 1.88. The Balaban J connectivity index is 0.00000243. The standard InChI is InChI=1S/C18H32N6O.HI/c1-16(14-22-6-3-4-7-22)13-20-18(19-2)24-10-8-23(9-11-24)15-17-5-12-25-21-17;/h5,12,16H,3-4,6-11,13-15H2,1-2H3,(H,19,20);1H. The van der Waals surface area contributed by atoms with Crippen molar-refractivity contribution < 1.29 is 4.52 Å². The molecule has 1 unspecified atom stereocenters. The van der Waals surface area contributed by atoms with Crippen molar-refractivity contribution in [3.63, 3.8) is 0 Å². The van der Waals surface area contributed by atoms with E-state index in [9.17, 15) is 0 Å². The van der Waals surface area contributed by atoms with Crippen LogP contribution in [0.2, 0.25) is 0 Å². The third-order valence-electron chi connectivity index (χ3n) is 5.14. The van der Waals surface area contributed by atoms with Gasteiger partial charge in [-0.1, -0.05) is 12.1 Å². The zero-order chi connectivity index (χ0) is 17.5. The van der Waals surface area contributed by atoms with Gasteiger partial charge in [0.05, 0.1) is 5.69 Å². The van der Waals surface area contributed by atoms with Gasteiger partial charge in [0.15, 0.2) is 5.96 Å². The minimum atomic E-state index is 0. The Morgan fingerprint density at radius 3 is 2.54 bits per heavy atom. The topological polar surface area (TPSA) is 60.1 Å². The predicted molar refractivity (Wildman–Crippen MR) is 115 cm³/mol. The summed E-state index contributed by atoms with van der Waals surface area (Å²) in [5.41, 5.74) is 1.01. The Labute approximate surface area is 174 Å². The van der Waals surface area contributed by atoms with Gasteiger partial charge in [-0.2, -0.15) is 0 Å². The molecule has 2 aliphatic heterocycles. The molecular weight excluding hydrogens is 443 g/mol. The number of aromatic nitrogens is 1. The highest BCUT2D eigenvalue weighted by atomic mass is 127. The highest BCUT2D eigenvalue weighted by Gasteiger charge is 2.21. The molecule has 0 amide bonds.